The summed E-state index contributed by atoms with van der Waals surface area (Å²) < 4.78 is 1.81. The van der Waals surface area contributed by atoms with Crippen molar-refractivity contribution in [2.24, 2.45) is 5.92 Å². The van der Waals surface area contributed by atoms with Crippen LogP contribution in [0.4, 0.5) is 0 Å². The van der Waals surface area contributed by atoms with Gasteiger partial charge in [0.2, 0.25) is 0 Å². The number of rotatable bonds is 4. The summed E-state index contributed by atoms with van der Waals surface area (Å²) in [6, 6.07) is 7.63. The van der Waals surface area contributed by atoms with E-state index >= 15 is 0 Å². The van der Waals surface area contributed by atoms with E-state index in [0.717, 1.165) is 23.9 Å². The number of aliphatic hydroxyl groups excluding tert-OH is 1. The van der Waals surface area contributed by atoms with Gasteiger partial charge in [-0.15, -0.1) is 11.7 Å². The molecule has 1 fully saturated rings. The van der Waals surface area contributed by atoms with Gasteiger partial charge in [-0.1, -0.05) is 42.7 Å². The molecule has 4 heteroatoms. The fraction of sp³-hybridized carbons (Fsp3) is 0.500. The zero-order valence-electron chi connectivity index (χ0n) is 11.7. The largest absolute Gasteiger partial charge is 0.390 e. The van der Waals surface area contributed by atoms with Crippen molar-refractivity contribution in [2.75, 3.05) is 0 Å². The average molecular weight is 271 g/mol. The van der Waals surface area contributed by atoms with Crippen molar-refractivity contribution in [3.8, 4) is 0 Å². The lowest BCUT2D eigenvalue weighted by atomic mass is 9.82. The third-order valence-corrected chi connectivity index (χ3v) is 4.38. The van der Waals surface area contributed by atoms with E-state index in [-0.39, 0.29) is 6.04 Å². The van der Waals surface area contributed by atoms with Crippen molar-refractivity contribution in [2.45, 2.75) is 44.2 Å². The molecule has 1 saturated carbocycles. The van der Waals surface area contributed by atoms with E-state index < -0.39 is 6.10 Å². The maximum Gasteiger partial charge on any atom is 0.113 e. The van der Waals surface area contributed by atoms with Crippen LogP contribution in [-0.2, 0) is 0 Å². The highest BCUT2D eigenvalue weighted by Gasteiger charge is 2.29. The second kappa shape index (κ2) is 5.75. The molecule has 3 rings (SSSR count). The zero-order chi connectivity index (χ0) is 13.9. The van der Waals surface area contributed by atoms with Crippen LogP contribution in [0.2, 0.25) is 0 Å². The van der Waals surface area contributed by atoms with Crippen molar-refractivity contribution >= 4 is 11.0 Å². The Morgan fingerprint density at radius 3 is 2.75 bits per heavy atom. The van der Waals surface area contributed by atoms with Gasteiger partial charge in [0.05, 0.1) is 17.7 Å². The summed E-state index contributed by atoms with van der Waals surface area (Å²) >= 11 is 0. The number of benzene rings is 1. The number of para-hydroxylation sites is 1. The van der Waals surface area contributed by atoms with Gasteiger partial charge in [0, 0.05) is 0 Å². The van der Waals surface area contributed by atoms with E-state index in [0.29, 0.717) is 5.92 Å². The lowest BCUT2D eigenvalue weighted by molar-refractivity contribution is 0.0508. The predicted molar refractivity (Wildman–Crippen MR) is 79.3 cm³/mol. The molecule has 2 unspecified atom stereocenters. The third kappa shape index (κ3) is 2.36. The first-order valence-electron chi connectivity index (χ1n) is 7.42. The Morgan fingerprint density at radius 2 is 2.00 bits per heavy atom. The van der Waals surface area contributed by atoms with Crippen LogP contribution in [0.3, 0.4) is 0 Å². The molecule has 0 saturated heterocycles. The topological polar surface area (TPSA) is 50.9 Å². The summed E-state index contributed by atoms with van der Waals surface area (Å²) in [5, 5.41) is 19.1. The van der Waals surface area contributed by atoms with Crippen LogP contribution < -0.4 is 0 Å². The first kappa shape index (κ1) is 13.3. The lowest BCUT2D eigenvalue weighted by Gasteiger charge is -2.30. The molecule has 0 aliphatic heterocycles. The molecule has 20 heavy (non-hydrogen) atoms. The molecule has 0 bridgehead atoms. The van der Waals surface area contributed by atoms with Gasteiger partial charge in [0.15, 0.2) is 0 Å². The number of aromatic nitrogens is 3. The smallest absolute Gasteiger partial charge is 0.113 e. The maximum atomic E-state index is 10.7. The Labute approximate surface area is 119 Å². The summed E-state index contributed by atoms with van der Waals surface area (Å²) in [6.45, 7) is 3.89. The lowest BCUT2D eigenvalue weighted by Crippen LogP contribution is -2.32. The van der Waals surface area contributed by atoms with E-state index in [9.17, 15) is 5.11 Å². The van der Waals surface area contributed by atoms with E-state index in [4.69, 9.17) is 0 Å². The van der Waals surface area contributed by atoms with E-state index in [1.54, 1.807) is 6.08 Å². The van der Waals surface area contributed by atoms with Crippen LogP contribution in [0.1, 0.15) is 38.1 Å². The summed E-state index contributed by atoms with van der Waals surface area (Å²) in [4.78, 5) is 0. The Bertz CT molecular complexity index is 586. The second-order valence-corrected chi connectivity index (χ2v) is 5.64. The quantitative estimate of drug-likeness (QED) is 0.869. The monoisotopic (exact) mass is 271 g/mol. The molecule has 1 aromatic heterocycles. The SMILES string of the molecule is C=CC(C(O)C1CCCCC1)n1nnc2ccccc21. The van der Waals surface area contributed by atoms with Gasteiger partial charge in [-0.05, 0) is 30.9 Å². The number of hydrogen-bond acceptors (Lipinski definition) is 3. The molecule has 1 aliphatic carbocycles. The van der Waals surface area contributed by atoms with Gasteiger partial charge in [0.1, 0.15) is 5.52 Å². The van der Waals surface area contributed by atoms with Gasteiger partial charge >= 0.3 is 0 Å². The Balaban J connectivity index is 1.90. The van der Waals surface area contributed by atoms with Crippen molar-refractivity contribution in [3.05, 3.63) is 36.9 Å². The second-order valence-electron chi connectivity index (χ2n) is 5.64. The normalized spacial score (nSPS) is 19.9. The highest BCUT2D eigenvalue weighted by Crippen LogP contribution is 2.32. The molecule has 106 valence electrons. The number of nitrogens with zero attached hydrogens (tertiary/aromatic N) is 3. The summed E-state index contributed by atoms with van der Waals surface area (Å²) in [5.41, 5.74) is 1.81. The molecular formula is C16H21N3O. The number of aliphatic hydroxyl groups is 1. The molecule has 4 nitrogen and oxygen atoms in total. The van der Waals surface area contributed by atoms with Gasteiger partial charge < -0.3 is 5.11 Å². The summed E-state index contributed by atoms with van der Waals surface area (Å²) in [7, 11) is 0. The Morgan fingerprint density at radius 1 is 1.25 bits per heavy atom. The standard InChI is InChI=1S/C16H21N3O/c1-2-14(16(20)12-8-4-3-5-9-12)19-15-11-7-6-10-13(15)17-18-19/h2,6-7,10-12,14,16,20H,1,3-5,8-9H2. The third-order valence-electron chi connectivity index (χ3n) is 4.38. The van der Waals surface area contributed by atoms with Crippen molar-refractivity contribution < 1.29 is 5.11 Å². The van der Waals surface area contributed by atoms with Crippen molar-refractivity contribution in [1.29, 1.82) is 0 Å². The fourth-order valence-electron chi connectivity index (χ4n) is 3.25. The van der Waals surface area contributed by atoms with Gasteiger partial charge in [0.25, 0.3) is 0 Å². The molecule has 1 aliphatic rings. The minimum absolute atomic E-state index is 0.203. The molecule has 1 aromatic carbocycles. The van der Waals surface area contributed by atoms with Crippen molar-refractivity contribution in [1.82, 2.24) is 15.0 Å². The molecule has 1 N–H and O–H groups in total. The minimum atomic E-state index is -0.432. The predicted octanol–water partition coefficient (Wildman–Crippen LogP) is 3.10. The molecule has 1 heterocycles. The Hall–Kier alpha value is -1.68. The van der Waals surface area contributed by atoms with Crippen LogP contribution >= 0.6 is 0 Å². The average Bonchev–Trinajstić information content (AvgIpc) is 2.93. The van der Waals surface area contributed by atoms with Crippen molar-refractivity contribution in [3.63, 3.8) is 0 Å². The van der Waals surface area contributed by atoms with Crippen LogP contribution in [-0.4, -0.2) is 26.2 Å². The van der Waals surface area contributed by atoms with E-state index in [2.05, 4.69) is 16.9 Å². The molecule has 0 amide bonds. The Kier molecular flexibility index (Phi) is 3.83. The number of hydrogen-bond donors (Lipinski definition) is 1. The molecule has 2 aromatic rings. The first-order valence-corrected chi connectivity index (χ1v) is 7.42. The maximum absolute atomic E-state index is 10.7. The molecule has 2 atom stereocenters. The minimum Gasteiger partial charge on any atom is -0.390 e. The highest BCUT2D eigenvalue weighted by molar-refractivity contribution is 5.74. The fourth-order valence-corrected chi connectivity index (χ4v) is 3.25. The molecule has 0 spiro atoms. The van der Waals surface area contributed by atoms with Gasteiger partial charge in [-0.3, -0.25) is 0 Å². The summed E-state index contributed by atoms with van der Waals surface area (Å²) in [6.07, 6.45) is 7.26. The van der Waals surface area contributed by atoms with Crippen LogP contribution in [0, 0.1) is 5.92 Å². The van der Waals surface area contributed by atoms with Crippen LogP contribution in [0.15, 0.2) is 36.9 Å². The molecule has 0 radical (unpaired) electrons. The highest BCUT2D eigenvalue weighted by atomic mass is 16.3. The first-order chi connectivity index (χ1) is 9.81. The van der Waals surface area contributed by atoms with E-state index in [1.165, 1.54) is 19.3 Å². The summed E-state index contributed by atoms with van der Waals surface area (Å²) in [5.74, 6) is 0.342. The van der Waals surface area contributed by atoms with Crippen LogP contribution in [0.5, 0.6) is 0 Å². The van der Waals surface area contributed by atoms with Crippen LogP contribution in [0.25, 0.3) is 11.0 Å². The van der Waals surface area contributed by atoms with Gasteiger partial charge in [-0.25, -0.2) is 4.68 Å². The number of fused-ring (bicyclic) bond motifs is 1. The zero-order valence-corrected chi connectivity index (χ0v) is 11.7. The van der Waals surface area contributed by atoms with E-state index in [1.807, 2.05) is 28.9 Å². The van der Waals surface area contributed by atoms with Gasteiger partial charge in [-0.2, -0.15) is 0 Å². The molecular weight excluding hydrogens is 250 g/mol.